The highest BCUT2D eigenvalue weighted by atomic mass is 16.5. The molecule has 3 heteroatoms. The van der Waals surface area contributed by atoms with Crippen LogP contribution in [0.5, 0.6) is 5.88 Å². The van der Waals surface area contributed by atoms with Gasteiger partial charge in [-0.15, -0.1) is 0 Å². The number of aromatic nitrogens is 2. The van der Waals surface area contributed by atoms with Crippen LogP contribution < -0.4 is 4.74 Å². The first kappa shape index (κ1) is 6.01. The smallest absolute Gasteiger partial charge is 0.232 e. The summed E-state index contributed by atoms with van der Waals surface area (Å²) in [5, 5.41) is 0. The minimum absolute atomic E-state index is 0.552. The Bertz CT molecular complexity index is 164. The van der Waals surface area contributed by atoms with Crippen molar-refractivity contribution in [3.8, 4) is 5.88 Å². The summed E-state index contributed by atoms with van der Waals surface area (Å²) in [6, 6.07) is 0. The summed E-state index contributed by atoms with van der Waals surface area (Å²) >= 11 is 0. The molecule has 0 aromatic carbocycles. The van der Waals surface area contributed by atoms with Crippen molar-refractivity contribution in [2.45, 2.75) is 6.92 Å². The highest BCUT2D eigenvalue weighted by molar-refractivity contribution is 5.00. The van der Waals surface area contributed by atoms with Gasteiger partial charge in [-0.25, -0.2) is 9.97 Å². The van der Waals surface area contributed by atoms with Crippen LogP contribution in [0.4, 0.5) is 0 Å². The van der Waals surface area contributed by atoms with Gasteiger partial charge in [-0.05, 0) is 6.92 Å². The van der Waals surface area contributed by atoms with Crippen LogP contribution in [-0.4, -0.2) is 16.6 Å². The van der Waals surface area contributed by atoms with E-state index in [4.69, 9.17) is 4.74 Å². The predicted molar refractivity (Wildman–Crippen MR) is 32.0 cm³/mol. The van der Waals surface area contributed by atoms with Crippen LogP contribution in [0.15, 0.2) is 12.4 Å². The van der Waals surface area contributed by atoms with Gasteiger partial charge in [0.25, 0.3) is 0 Å². The first-order valence-electron chi connectivity index (χ1n) is 2.74. The van der Waals surface area contributed by atoms with Gasteiger partial charge in [0.2, 0.25) is 5.88 Å². The Hall–Kier alpha value is -1.12. The van der Waals surface area contributed by atoms with Crippen molar-refractivity contribution >= 4 is 0 Å². The van der Waals surface area contributed by atoms with Crippen molar-refractivity contribution in [3.05, 3.63) is 18.6 Å². The van der Waals surface area contributed by atoms with Crippen LogP contribution in [0.1, 0.15) is 6.92 Å². The lowest BCUT2D eigenvalue weighted by molar-refractivity contribution is 0.325. The van der Waals surface area contributed by atoms with Crippen LogP contribution in [0, 0.1) is 6.20 Å². The number of nitrogens with zero attached hydrogens (tertiary/aromatic N) is 2. The molecule has 0 aliphatic rings. The molecule has 3 nitrogen and oxygen atoms in total. The van der Waals surface area contributed by atoms with E-state index < -0.39 is 0 Å². The van der Waals surface area contributed by atoms with Gasteiger partial charge in [0, 0.05) is 0 Å². The molecule has 1 radical (unpaired) electrons. The Labute approximate surface area is 53.7 Å². The summed E-state index contributed by atoms with van der Waals surface area (Å²) in [4.78, 5) is 7.52. The van der Waals surface area contributed by atoms with Gasteiger partial charge in [0.05, 0.1) is 19.0 Å². The molecule has 0 amide bonds. The van der Waals surface area contributed by atoms with E-state index in [9.17, 15) is 0 Å². The molecular formula is C6H7N2O. The van der Waals surface area contributed by atoms with E-state index in [-0.39, 0.29) is 0 Å². The van der Waals surface area contributed by atoms with Crippen LogP contribution in [-0.2, 0) is 0 Å². The Morgan fingerprint density at radius 1 is 1.78 bits per heavy atom. The van der Waals surface area contributed by atoms with Crippen LogP contribution in [0.3, 0.4) is 0 Å². The van der Waals surface area contributed by atoms with Crippen molar-refractivity contribution in [1.29, 1.82) is 0 Å². The summed E-state index contributed by atoms with van der Waals surface area (Å²) in [5.41, 5.74) is 0. The van der Waals surface area contributed by atoms with Crippen LogP contribution >= 0.6 is 0 Å². The molecule has 0 fully saturated rings. The first-order valence-corrected chi connectivity index (χ1v) is 2.74. The molecule has 0 N–H and O–H groups in total. The summed E-state index contributed by atoms with van der Waals surface area (Å²) in [6.07, 6.45) is 5.56. The number of rotatable bonds is 2. The van der Waals surface area contributed by atoms with E-state index in [2.05, 4.69) is 16.2 Å². The van der Waals surface area contributed by atoms with Gasteiger partial charge in [-0.1, -0.05) is 0 Å². The van der Waals surface area contributed by atoms with E-state index in [1.807, 2.05) is 6.92 Å². The van der Waals surface area contributed by atoms with Crippen molar-refractivity contribution in [1.82, 2.24) is 9.97 Å². The highest BCUT2D eigenvalue weighted by Crippen LogP contribution is 1.98. The first-order chi connectivity index (χ1) is 4.43. The van der Waals surface area contributed by atoms with E-state index in [0.717, 1.165) is 0 Å². The number of hydrogen-bond donors (Lipinski definition) is 0. The van der Waals surface area contributed by atoms with Gasteiger partial charge in [-0.3, -0.25) is 0 Å². The van der Waals surface area contributed by atoms with Crippen molar-refractivity contribution in [2.75, 3.05) is 6.61 Å². The topological polar surface area (TPSA) is 35.0 Å². The molecule has 0 saturated heterocycles. The molecule has 47 valence electrons. The standard InChI is InChI=1S/C6H7N2O/c1-2-9-6-5-7-3-4-8-6/h4-5H,2H2,1H3. The normalized spacial score (nSPS) is 9.00. The van der Waals surface area contributed by atoms with Crippen molar-refractivity contribution in [2.24, 2.45) is 0 Å². The summed E-state index contributed by atoms with van der Waals surface area (Å²) in [6.45, 7) is 2.52. The maximum atomic E-state index is 5.01. The monoisotopic (exact) mass is 123 g/mol. The zero-order valence-electron chi connectivity index (χ0n) is 5.16. The minimum atomic E-state index is 0.552. The zero-order chi connectivity index (χ0) is 6.53. The third kappa shape index (κ3) is 1.68. The molecule has 9 heavy (non-hydrogen) atoms. The molecule has 0 saturated carbocycles. The van der Waals surface area contributed by atoms with E-state index in [1.165, 1.54) is 12.4 Å². The van der Waals surface area contributed by atoms with Crippen LogP contribution in [0.2, 0.25) is 0 Å². The number of ether oxygens (including phenoxy) is 1. The summed E-state index contributed by atoms with van der Waals surface area (Å²) in [7, 11) is 0. The Morgan fingerprint density at radius 3 is 3.22 bits per heavy atom. The number of hydrogen-bond acceptors (Lipinski definition) is 3. The van der Waals surface area contributed by atoms with Gasteiger partial charge in [0.15, 0.2) is 0 Å². The molecule has 0 aliphatic heterocycles. The van der Waals surface area contributed by atoms with Crippen molar-refractivity contribution < 1.29 is 4.74 Å². The molecular weight excluding hydrogens is 116 g/mol. The second-order valence-electron chi connectivity index (χ2n) is 1.42. The molecule has 1 rings (SSSR count). The van der Waals surface area contributed by atoms with E-state index in [0.29, 0.717) is 12.5 Å². The lowest BCUT2D eigenvalue weighted by atomic mass is 10.7. The lowest BCUT2D eigenvalue weighted by Gasteiger charge is -1.96. The Kier molecular flexibility index (Phi) is 2.01. The Balaban J connectivity index is 2.61. The third-order valence-electron chi connectivity index (χ3n) is 0.791. The molecule has 0 aliphatic carbocycles. The van der Waals surface area contributed by atoms with Gasteiger partial charge in [0.1, 0.15) is 6.20 Å². The fourth-order valence-electron chi connectivity index (χ4n) is 0.474. The fraction of sp³-hybridized carbons (Fsp3) is 0.333. The lowest BCUT2D eigenvalue weighted by Crippen LogP contribution is -1.93. The van der Waals surface area contributed by atoms with E-state index >= 15 is 0 Å². The van der Waals surface area contributed by atoms with Crippen LogP contribution in [0.25, 0.3) is 0 Å². The van der Waals surface area contributed by atoms with Gasteiger partial charge >= 0.3 is 0 Å². The third-order valence-corrected chi connectivity index (χ3v) is 0.791. The van der Waals surface area contributed by atoms with Crippen molar-refractivity contribution in [3.63, 3.8) is 0 Å². The van der Waals surface area contributed by atoms with Gasteiger partial charge in [-0.2, -0.15) is 0 Å². The molecule has 1 aromatic rings. The zero-order valence-corrected chi connectivity index (χ0v) is 5.16. The molecule has 0 atom stereocenters. The van der Waals surface area contributed by atoms with Gasteiger partial charge < -0.3 is 4.74 Å². The quantitative estimate of drug-likeness (QED) is 0.580. The van der Waals surface area contributed by atoms with E-state index in [1.54, 1.807) is 0 Å². The summed E-state index contributed by atoms with van der Waals surface area (Å²) in [5.74, 6) is 0.552. The molecule has 1 heterocycles. The summed E-state index contributed by atoms with van der Waals surface area (Å²) < 4.78 is 5.01. The largest absolute Gasteiger partial charge is 0.477 e. The predicted octanol–water partition coefficient (Wildman–Crippen LogP) is 0.675. The molecule has 0 spiro atoms. The maximum Gasteiger partial charge on any atom is 0.232 e. The SMILES string of the molecule is CCOc1cn[c]cn1. The highest BCUT2D eigenvalue weighted by Gasteiger charge is 1.87. The molecule has 1 aromatic heterocycles. The fourth-order valence-corrected chi connectivity index (χ4v) is 0.474. The minimum Gasteiger partial charge on any atom is -0.477 e. The molecule has 0 bridgehead atoms. The second-order valence-corrected chi connectivity index (χ2v) is 1.42. The maximum absolute atomic E-state index is 5.01. The average molecular weight is 123 g/mol. The second kappa shape index (κ2) is 3.02. The molecule has 0 unspecified atom stereocenters. The Morgan fingerprint density at radius 2 is 2.67 bits per heavy atom. The average Bonchev–Trinajstić information content (AvgIpc) is 1.91.